The minimum absolute atomic E-state index is 0.0525. The number of amides is 1. The van der Waals surface area contributed by atoms with Gasteiger partial charge in [0.1, 0.15) is 10.6 Å². The monoisotopic (exact) mass is 292 g/mol. The van der Waals surface area contributed by atoms with E-state index in [9.17, 15) is 14.9 Å². The molecule has 0 unspecified atom stereocenters. The Hall–Kier alpha value is -2.48. The van der Waals surface area contributed by atoms with Crippen LogP contribution in [0.1, 0.15) is 21.1 Å². The maximum atomic E-state index is 12.0. The van der Waals surface area contributed by atoms with Crippen molar-refractivity contribution in [1.82, 2.24) is 10.3 Å². The molecule has 2 aromatic rings. The molecule has 0 aliphatic carbocycles. The van der Waals surface area contributed by atoms with Gasteiger partial charge in [0.2, 0.25) is 0 Å². The van der Waals surface area contributed by atoms with Crippen molar-refractivity contribution in [3.05, 3.63) is 50.0 Å². The molecule has 0 spiro atoms. The number of nitrogens with zero attached hydrogens (tertiary/aromatic N) is 2. The van der Waals surface area contributed by atoms with Crippen LogP contribution in [0.15, 0.2) is 23.6 Å². The SMILES string of the molecule is Cc1csc(CNC(=O)c2cc(N)ccc2[N+](=O)[O-])n1. The van der Waals surface area contributed by atoms with E-state index in [1.165, 1.54) is 29.5 Å². The standard InChI is InChI=1S/C12H12N4O3S/c1-7-6-20-11(15-7)5-14-12(17)9-4-8(13)2-3-10(9)16(18)19/h2-4,6H,5,13H2,1H3,(H,14,17). The quantitative estimate of drug-likeness (QED) is 0.507. The predicted molar refractivity (Wildman–Crippen MR) is 75.5 cm³/mol. The van der Waals surface area contributed by atoms with E-state index in [-0.39, 0.29) is 17.8 Å². The molecular weight excluding hydrogens is 280 g/mol. The first-order chi connectivity index (χ1) is 9.47. The van der Waals surface area contributed by atoms with Crippen molar-refractivity contribution < 1.29 is 9.72 Å². The second-order valence-corrected chi connectivity index (χ2v) is 5.04. The Morgan fingerprint density at radius 3 is 2.90 bits per heavy atom. The molecule has 0 saturated carbocycles. The lowest BCUT2D eigenvalue weighted by Crippen LogP contribution is -2.23. The Kier molecular flexibility index (Phi) is 3.94. The molecule has 0 bridgehead atoms. The predicted octanol–water partition coefficient (Wildman–Crippen LogP) is 1.87. The highest BCUT2D eigenvalue weighted by molar-refractivity contribution is 7.09. The molecule has 7 nitrogen and oxygen atoms in total. The third-order valence-electron chi connectivity index (χ3n) is 2.53. The molecule has 3 N–H and O–H groups in total. The Morgan fingerprint density at radius 2 is 2.30 bits per heavy atom. The van der Waals surface area contributed by atoms with E-state index in [4.69, 9.17) is 5.73 Å². The van der Waals surface area contributed by atoms with Gasteiger partial charge in [0, 0.05) is 22.8 Å². The molecule has 0 aliphatic rings. The van der Waals surface area contributed by atoms with Crippen LogP contribution in [0.5, 0.6) is 0 Å². The van der Waals surface area contributed by atoms with Crippen molar-refractivity contribution in [3.63, 3.8) is 0 Å². The normalized spacial score (nSPS) is 10.2. The van der Waals surface area contributed by atoms with Gasteiger partial charge in [-0.15, -0.1) is 11.3 Å². The molecule has 2 rings (SSSR count). The Morgan fingerprint density at radius 1 is 1.55 bits per heavy atom. The fourth-order valence-electron chi connectivity index (χ4n) is 1.63. The van der Waals surface area contributed by atoms with Gasteiger partial charge in [-0.25, -0.2) is 4.98 Å². The first kappa shape index (κ1) is 13.9. The molecule has 1 amide bonds. The van der Waals surface area contributed by atoms with Crippen molar-refractivity contribution in [2.75, 3.05) is 5.73 Å². The average Bonchev–Trinajstić information content (AvgIpc) is 2.81. The second-order valence-electron chi connectivity index (χ2n) is 4.10. The number of anilines is 1. The first-order valence-corrected chi connectivity index (χ1v) is 6.58. The van der Waals surface area contributed by atoms with E-state index in [1.54, 1.807) is 0 Å². The first-order valence-electron chi connectivity index (χ1n) is 5.70. The summed E-state index contributed by atoms with van der Waals surface area (Å²) in [5, 5.41) is 16.1. The van der Waals surface area contributed by atoms with Gasteiger partial charge in [-0.2, -0.15) is 0 Å². The minimum atomic E-state index is -0.609. The van der Waals surface area contributed by atoms with Crippen molar-refractivity contribution in [1.29, 1.82) is 0 Å². The molecule has 0 radical (unpaired) electrons. The summed E-state index contributed by atoms with van der Waals surface area (Å²) in [6.45, 7) is 2.08. The van der Waals surface area contributed by atoms with Gasteiger partial charge in [0.25, 0.3) is 11.6 Å². The zero-order valence-corrected chi connectivity index (χ0v) is 11.4. The van der Waals surface area contributed by atoms with Crippen LogP contribution in [0.25, 0.3) is 0 Å². The Labute approximate surface area is 118 Å². The molecule has 0 aliphatic heterocycles. The smallest absolute Gasteiger partial charge is 0.282 e. The Bertz CT molecular complexity index is 668. The van der Waals surface area contributed by atoms with Crippen LogP contribution in [0.4, 0.5) is 11.4 Å². The molecular formula is C12H12N4O3S. The van der Waals surface area contributed by atoms with Crippen LogP contribution in [0.2, 0.25) is 0 Å². The molecule has 1 aromatic heterocycles. The highest BCUT2D eigenvalue weighted by Gasteiger charge is 2.20. The zero-order chi connectivity index (χ0) is 14.7. The number of carbonyl (C=O) groups is 1. The molecule has 1 heterocycles. The summed E-state index contributed by atoms with van der Waals surface area (Å²) in [7, 11) is 0. The van der Waals surface area contributed by atoms with Gasteiger partial charge in [0.15, 0.2) is 0 Å². The number of rotatable bonds is 4. The van der Waals surface area contributed by atoms with E-state index in [1.807, 2.05) is 12.3 Å². The number of hydrogen-bond donors (Lipinski definition) is 2. The van der Waals surface area contributed by atoms with Crippen LogP contribution in [-0.2, 0) is 6.54 Å². The number of aryl methyl sites for hydroxylation is 1. The topological polar surface area (TPSA) is 111 Å². The number of nitrogen functional groups attached to an aromatic ring is 1. The molecule has 1 aromatic carbocycles. The Balaban J connectivity index is 2.16. The average molecular weight is 292 g/mol. The minimum Gasteiger partial charge on any atom is -0.399 e. The second kappa shape index (κ2) is 5.66. The summed E-state index contributed by atoms with van der Waals surface area (Å²) in [4.78, 5) is 26.5. The van der Waals surface area contributed by atoms with Crippen molar-refractivity contribution in [3.8, 4) is 0 Å². The van der Waals surface area contributed by atoms with E-state index in [0.29, 0.717) is 5.69 Å². The maximum Gasteiger partial charge on any atom is 0.282 e. The number of carbonyl (C=O) groups excluding carboxylic acids is 1. The van der Waals surface area contributed by atoms with Crippen LogP contribution in [0.3, 0.4) is 0 Å². The third kappa shape index (κ3) is 3.09. The lowest BCUT2D eigenvalue weighted by Gasteiger charge is -2.05. The summed E-state index contributed by atoms with van der Waals surface area (Å²) in [5.74, 6) is -0.545. The van der Waals surface area contributed by atoms with Gasteiger partial charge in [-0.1, -0.05) is 0 Å². The number of nitro benzene ring substituents is 1. The maximum absolute atomic E-state index is 12.0. The number of benzene rings is 1. The lowest BCUT2D eigenvalue weighted by molar-refractivity contribution is -0.385. The fourth-order valence-corrected chi connectivity index (χ4v) is 2.34. The number of aromatic nitrogens is 1. The summed E-state index contributed by atoms with van der Waals surface area (Å²) in [5.41, 5.74) is 6.41. The molecule has 20 heavy (non-hydrogen) atoms. The van der Waals surface area contributed by atoms with Crippen LogP contribution < -0.4 is 11.1 Å². The lowest BCUT2D eigenvalue weighted by atomic mass is 10.1. The van der Waals surface area contributed by atoms with E-state index >= 15 is 0 Å². The summed E-state index contributed by atoms with van der Waals surface area (Å²) >= 11 is 1.42. The van der Waals surface area contributed by atoms with Crippen LogP contribution in [-0.4, -0.2) is 15.8 Å². The number of nitrogens with two attached hydrogens (primary N) is 1. The molecule has 104 valence electrons. The fraction of sp³-hybridized carbons (Fsp3) is 0.167. The van der Waals surface area contributed by atoms with Gasteiger partial charge in [0.05, 0.1) is 11.5 Å². The summed E-state index contributed by atoms with van der Waals surface area (Å²) < 4.78 is 0. The van der Waals surface area contributed by atoms with E-state index < -0.39 is 10.8 Å². The molecule has 0 saturated heterocycles. The summed E-state index contributed by atoms with van der Waals surface area (Å²) in [6, 6.07) is 3.90. The number of nitro groups is 1. The van der Waals surface area contributed by atoms with Crippen LogP contribution >= 0.6 is 11.3 Å². The molecule has 0 fully saturated rings. The highest BCUT2D eigenvalue weighted by Crippen LogP contribution is 2.21. The van der Waals surface area contributed by atoms with Crippen molar-refractivity contribution in [2.45, 2.75) is 13.5 Å². The third-order valence-corrected chi connectivity index (χ3v) is 3.50. The number of nitrogens with one attached hydrogen (secondary N) is 1. The van der Waals surface area contributed by atoms with Gasteiger partial charge >= 0.3 is 0 Å². The van der Waals surface area contributed by atoms with Gasteiger partial charge in [-0.3, -0.25) is 14.9 Å². The van der Waals surface area contributed by atoms with E-state index in [0.717, 1.165) is 10.7 Å². The van der Waals surface area contributed by atoms with Gasteiger partial charge in [-0.05, 0) is 19.1 Å². The summed E-state index contributed by atoms with van der Waals surface area (Å²) in [6.07, 6.45) is 0. The molecule has 8 heteroatoms. The zero-order valence-electron chi connectivity index (χ0n) is 10.6. The van der Waals surface area contributed by atoms with E-state index in [2.05, 4.69) is 10.3 Å². The van der Waals surface area contributed by atoms with Crippen molar-refractivity contribution in [2.24, 2.45) is 0 Å². The van der Waals surface area contributed by atoms with Crippen molar-refractivity contribution >= 4 is 28.6 Å². The highest BCUT2D eigenvalue weighted by atomic mass is 32.1. The van der Waals surface area contributed by atoms with Gasteiger partial charge < -0.3 is 11.1 Å². The number of hydrogen-bond acceptors (Lipinski definition) is 6. The largest absolute Gasteiger partial charge is 0.399 e. The number of thiazole rings is 1. The van der Waals surface area contributed by atoms with Crippen LogP contribution in [0, 0.1) is 17.0 Å². The molecule has 0 atom stereocenters.